The second-order valence-electron chi connectivity index (χ2n) is 18.3. The fourth-order valence-electron chi connectivity index (χ4n) is 8.59. The topological polar surface area (TPSA) is 217 Å². The number of nitrogens with zero attached hydrogens (tertiary/aromatic N) is 7. The molecule has 2 fully saturated rings. The molecule has 3 aromatic heterocycles. The molecular weight excluding hydrogens is 920 g/mol. The smallest absolute Gasteiger partial charge is 0.248 e. The van der Waals surface area contributed by atoms with Crippen LogP contribution in [0, 0.1) is 18.2 Å². The Bertz CT molecular complexity index is 2810. The van der Waals surface area contributed by atoms with Gasteiger partial charge >= 0.3 is 0 Å². The highest BCUT2D eigenvalue weighted by atomic mass is 32.1. The van der Waals surface area contributed by atoms with Crippen LogP contribution in [-0.2, 0) is 35.2 Å². The standard InChI is InChI=1S/C50H57FN10O8S/c1-30-45(70-29-54-30)33-11-9-31(10-12-33)24-53-48(65)38-23-35(62)26-61(38)49(66)46(50(2,3)4)55-40(63)27-68-21-22-69-28-41(64)60-19-17-59(18-20-60)34-15-13-32(14-16-34)43-44-37(57-58-43)25-52-47(56-44)42-36(51)7-6-8-39(42)67-5/h6-16,25,29,35,38,46,62H,17-24,26-28H2,1-5H3,(H,53,65)(H,55,63)(H,57,58)/t35-,38+,46-/m1/s1. The van der Waals surface area contributed by atoms with E-state index < -0.39 is 47.1 Å². The molecule has 368 valence electrons. The number of fused-ring (bicyclic) bond motifs is 1. The van der Waals surface area contributed by atoms with Crippen molar-refractivity contribution in [3.05, 3.63) is 95.5 Å². The molecule has 70 heavy (non-hydrogen) atoms. The summed E-state index contributed by atoms with van der Waals surface area (Å²) >= 11 is 1.56. The number of aliphatic hydroxyl groups excluding tert-OH is 1. The summed E-state index contributed by atoms with van der Waals surface area (Å²) in [4.78, 5) is 73.2. The van der Waals surface area contributed by atoms with Gasteiger partial charge in [0.1, 0.15) is 53.6 Å². The quantitative estimate of drug-likeness (QED) is 0.0909. The summed E-state index contributed by atoms with van der Waals surface area (Å²) in [6.07, 6.45) is 0.752. The number of benzene rings is 3. The molecule has 2 aliphatic heterocycles. The number of aliphatic hydroxyl groups is 1. The summed E-state index contributed by atoms with van der Waals surface area (Å²) in [5.41, 5.74) is 7.66. The van der Waals surface area contributed by atoms with E-state index in [2.05, 4.69) is 40.7 Å². The number of aromatic nitrogens is 5. The second-order valence-corrected chi connectivity index (χ2v) is 19.2. The van der Waals surface area contributed by atoms with Crippen LogP contribution in [0.5, 0.6) is 5.75 Å². The molecule has 2 aliphatic rings. The Morgan fingerprint density at radius 3 is 2.34 bits per heavy atom. The van der Waals surface area contributed by atoms with Crippen molar-refractivity contribution in [1.29, 1.82) is 0 Å². The van der Waals surface area contributed by atoms with Gasteiger partial charge in [0, 0.05) is 56.9 Å². The van der Waals surface area contributed by atoms with Gasteiger partial charge in [-0.2, -0.15) is 5.10 Å². The number of ether oxygens (including phenoxy) is 3. The second kappa shape index (κ2) is 21.8. The van der Waals surface area contributed by atoms with E-state index in [0.717, 1.165) is 32.9 Å². The zero-order valence-corrected chi connectivity index (χ0v) is 40.6. The first-order valence-electron chi connectivity index (χ1n) is 23.1. The molecular formula is C50H57FN10O8S. The number of aromatic amines is 1. The van der Waals surface area contributed by atoms with E-state index >= 15 is 0 Å². The molecule has 6 aromatic rings. The summed E-state index contributed by atoms with van der Waals surface area (Å²) in [7, 11) is 1.47. The number of halogens is 1. The van der Waals surface area contributed by atoms with Crippen molar-refractivity contribution < 1.29 is 42.9 Å². The number of piperazine rings is 1. The average Bonchev–Trinajstić information content (AvgIpc) is 4.11. The Kier molecular flexibility index (Phi) is 15.5. The minimum Gasteiger partial charge on any atom is -0.496 e. The van der Waals surface area contributed by atoms with Crippen LogP contribution in [0.4, 0.5) is 10.1 Å². The third kappa shape index (κ3) is 11.4. The monoisotopic (exact) mass is 976 g/mol. The van der Waals surface area contributed by atoms with Gasteiger partial charge in [-0.05, 0) is 47.7 Å². The predicted molar refractivity (Wildman–Crippen MR) is 261 cm³/mol. The first-order valence-corrected chi connectivity index (χ1v) is 23.9. The van der Waals surface area contributed by atoms with Gasteiger partial charge in [0.05, 0.1) is 54.3 Å². The Morgan fingerprint density at radius 1 is 0.943 bits per heavy atom. The Hall–Kier alpha value is -6.87. The van der Waals surface area contributed by atoms with Crippen LogP contribution in [-0.4, -0.2) is 148 Å². The Morgan fingerprint density at radius 2 is 1.66 bits per heavy atom. The van der Waals surface area contributed by atoms with E-state index in [1.54, 1.807) is 40.1 Å². The van der Waals surface area contributed by atoms with Crippen LogP contribution in [0.1, 0.15) is 38.4 Å². The number of amides is 4. The fourth-order valence-corrected chi connectivity index (χ4v) is 9.40. The summed E-state index contributed by atoms with van der Waals surface area (Å²) in [5, 5.41) is 23.7. The lowest BCUT2D eigenvalue weighted by molar-refractivity contribution is -0.144. The zero-order valence-electron chi connectivity index (χ0n) is 39.7. The summed E-state index contributed by atoms with van der Waals surface area (Å²) < 4.78 is 31.3. The molecule has 8 rings (SSSR count). The van der Waals surface area contributed by atoms with Crippen LogP contribution in [0.2, 0.25) is 0 Å². The number of thiazole rings is 1. The van der Waals surface area contributed by atoms with E-state index in [1.165, 1.54) is 18.1 Å². The maximum absolute atomic E-state index is 14.8. The van der Waals surface area contributed by atoms with Crippen molar-refractivity contribution in [3.8, 4) is 38.8 Å². The van der Waals surface area contributed by atoms with Gasteiger partial charge in [-0.25, -0.2) is 19.3 Å². The van der Waals surface area contributed by atoms with Gasteiger partial charge in [0.25, 0.3) is 0 Å². The molecule has 3 aromatic carbocycles. The number of hydrogen-bond donors (Lipinski definition) is 4. The molecule has 0 unspecified atom stereocenters. The number of methoxy groups -OCH3 is 1. The number of H-pyrrole nitrogens is 1. The number of β-amino-alcohol motifs (C(OH)–C–C–N with tert-alkyl or cyclic N) is 1. The van der Waals surface area contributed by atoms with E-state index in [1.807, 2.05) is 76.2 Å². The van der Waals surface area contributed by atoms with Crippen molar-refractivity contribution in [2.45, 2.75) is 58.8 Å². The highest BCUT2D eigenvalue weighted by molar-refractivity contribution is 7.13. The third-order valence-corrected chi connectivity index (χ3v) is 13.4. The summed E-state index contributed by atoms with van der Waals surface area (Å²) in [6, 6.07) is 18.3. The van der Waals surface area contributed by atoms with Gasteiger partial charge in [-0.1, -0.05) is 63.2 Å². The Balaban J connectivity index is 0.748. The fraction of sp³-hybridized carbons (Fsp3) is 0.400. The van der Waals surface area contributed by atoms with Crippen LogP contribution >= 0.6 is 11.3 Å². The van der Waals surface area contributed by atoms with E-state index in [4.69, 9.17) is 14.2 Å². The molecule has 20 heteroatoms. The van der Waals surface area contributed by atoms with Crippen LogP contribution in [0.3, 0.4) is 0 Å². The largest absolute Gasteiger partial charge is 0.496 e. The van der Waals surface area contributed by atoms with E-state index in [0.29, 0.717) is 48.7 Å². The lowest BCUT2D eigenvalue weighted by Crippen LogP contribution is -2.58. The van der Waals surface area contributed by atoms with Crippen LogP contribution < -0.4 is 20.3 Å². The van der Waals surface area contributed by atoms with Crippen molar-refractivity contribution >= 4 is 51.7 Å². The molecule has 5 heterocycles. The first-order chi connectivity index (χ1) is 33.7. The number of carbonyl (C=O) groups excluding carboxylic acids is 4. The lowest BCUT2D eigenvalue weighted by Gasteiger charge is -2.36. The number of aryl methyl sites for hydroxylation is 1. The zero-order chi connectivity index (χ0) is 49.5. The molecule has 3 atom stereocenters. The third-order valence-electron chi connectivity index (χ3n) is 12.4. The molecule has 0 saturated carbocycles. The number of carbonyl (C=O) groups is 4. The Labute approximate surface area is 408 Å². The van der Waals surface area contributed by atoms with Crippen LogP contribution in [0.25, 0.3) is 44.1 Å². The maximum atomic E-state index is 14.8. The van der Waals surface area contributed by atoms with E-state index in [-0.39, 0.29) is 63.2 Å². The molecule has 4 amide bonds. The highest BCUT2D eigenvalue weighted by Crippen LogP contribution is 2.34. The van der Waals surface area contributed by atoms with Crippen LogP contribution in [0.15, 0.2) is 78.4 Å². The molecule has 4 N–H and O–H groups in total. The van der Waals surface area contributed by atoms with Crippen molar-refractivity contribution in [1.82, 2.24) is 45.6 Å². The normalized spacial score (nSPS) is 16.6. The number of anilines is 1. The molecule has 0 aliphatic carbocycles. The van der Waals surface area contributed by atoms with Gasteiger partial charge in [0.2, 0.25) is 23.6 Å². The summed E-state index contributed by atoms with van der Waals surface area (Å²) in [5.74, 6) is -1.53. The first kappa shape index (κ1) is 49.5. The maximum Gasteiger partial charge on any atom is 0.248 e. The average molecular weight is 977 g/mol. The molecule has 2 saturated heterocycles. The SMILES string of the molecule is COc1cccc(F)c1-c1ncc2[nH]nc(-c3ccc(N4CCN(C(=O)COCCOCC(=O)N[C@H](C(=O)N5C[C@H](O)C[C@H]5C(=O)NCc5ccc(-c6scnc6C)cc5)C(C)(C)C)CC4)cc3)c2n1. The van der Waals surface area contributed by atoms with Gasteiger partial charge < -0.3 is 44.7 Å². The van der Waals surface area contributed by atoms with Gasteiger partial charge in [0.15, 0.2) is 5.82 Å². The van der Waals surface area contributed by atoms with Gasteiger partial charge in [-0.15, -0.1) is 11.3 Å². The van der Waals surface area contributed by atoms with Gasteiger partial charge in [-0.3, -0.25) is 24.3 Å². The number of hydrogen-bond acceptors (Lipinski definition) is 14. The summed E-state index contributed by atoms with van der Waals surface area (Å²) in [6.45, 7) is 9.43. The lowest BCUT2D eigenvalue weighted by atomic mass is 9.85. The van der Waals surface area contributed by atoms with Crippen molar-refractivity contribution in [2.24, 2.45) is 5.41 Å². The molecule has 0 radical (unpaired) electrons. The molecule has 0 bridgehead atoms. The van der Waals surface area contributed by atoms with E-state index in [9.17, 15) is 28.7 Å². The molecule has 18 nitrogen and oxygen atoms in total. The number of nitrogens with one attached hydrogen (secondary N) is 3. The number of rotatable bonds is 17. The highest BCUT2D eigenvalue weighted by Gasteiger charge is 2.44. The minimum atomic E-state index is -1.01. The minimum absolute atomic E-state index is 0.0370. The predicted octanol–water partition coefficient (Wildman–Crippen LogP) is 4.76. The van der Waals surface area contributed by atoms with Crippen molar-refractivity contribution in [3.63, 3.8) is 0 Å². The van der Waals surface area contributed by atoms with Crippen molar-refractivity contribution in [2.75, 3.05) is 71.2 Å². The molecule has 0 spiro atoms. The number of likely N-dealkylation sites (tertiary alicyclic amines) is 1.